The second-order valence-electron chi connectivity index (χ2n) is 9.65. The van der Waals surface area contributed by atoms with Gasteiger partial charge in [-0.05, 0) is 43.9 Å². The lowest BCUT2D eigenvalue weighted by Crippen LogP contribution is -2.50. The van der Waals surface area contributed by atoms with Gasteiger partial charge in [0.15, 0.2) is 0 Å². The van der Waals surface area contributed by atoms with Crippen LogP contribution in [0, 0.1) is 5.82 Å². The first kappa shape index (κ1) is 24.9. The number of ether oxygens (including phenoxy) is 1. The number of aromatic amines is 1. The highest BCUT2D eigenvalue weighted by atomic mass is 19.1. The third-order valence-electron chi connectivity index (χ3n) is 6.98. The number of aromatic nitrogens is 2. The van der Waals surface area contributed by atoms with Gasteiger partial charge in [-0.25, -0.2) is 9.37 Å². The highest BCUT2D eigenvalue weighted by molar-refractivity contribution is 5.98. The van der Waals surface area contributed by atoms with E-state index in [1.165, 1.54) is 6.07 Å². The number of nitrogens with zero attached hydrogens (tertiary/aromatic N) is 4. The van der Waals surface area contributed by atoms with Crippen molar-refractivity contribution in [1.82, 2.24) is 24.7 Å². The third kappa shape index (κ3) is 5.21. The summed E-state index contributed by atoms with van der Waals surface area (Å²) in [5.74, 6) is -0.00328. The molecule has 0 radical (unpaired) electrons. The van der Waals surface area contributed by atoms with Crippen LogP contribution in [0.1, 0.15) is 10.4 Å². The zero-order valence-electron chi connectivity index (χ0n) is 21.5. The summed E-state index contributed by atoms with van der Waals surface area (Å²) in [4.78, 5) is 27.3. The second-order valence-corrected chi connectivity index (χ2v) is 9.65. The number of hydrogen-bond acceptors (Lipinski definition) is 5. The van der Waals surface area contributed by atoms with Crippen LogP contribution in [0.4, 0.5) is 4.39 Å². The van der Waals surface area contributed by atoms with Gasteiger partial charge in [0.2, 0.25) is 0 Å². The molecule has 2 aromatic carbocycles. The Morgan fingerprint density at radius 2 is 1.84 bits per heavy atom. The number of piperazine rings is 1. The van der Waals surface area contributed by atoms with Crippen LogP contribution in [0.5, 0.6) is 5.75 Å². The molecule has 1 amide bonds. The number of halogens is 1. The van der Waals surface area contributed by atoms with Gasteiger partial charge in [0, 0.05) is 73.7 Å². The summed E-state index contributed by atoms with van der Waals surface area (Å²) in [7, 11) is 5.76. The summed E-state index contributed by atoms with van der Waals surface area (Å²) < 4.78 is 20.4. The fraction of sp³-hybridized carbons (Fsp3) is 0.310. The highest BCUT2D eigenvalue weighted by Crippen LogP contribution is 2.36. The minimum atomic E-state index is -0.505. The lowest BCUT2D eigenvalue weighted by Gasteiger charge is -2.35. The molecule has 0 aliphatic carbocycles. The molecule has 0 spiro atoms. The zero-order chi connectivity index (χ0) is 25.9. The fourth-order valence-corrected chi connectivity index (χ4v) is 4.81. The number of para-hydroxylation sites is 1. The summed E-state index contributed by atoms with van der Waals surface area (Å²) in [6.45, 7) is 4.71. The number of nitrogens with one attached hydrogen (secondary N) is 1. The van der Waals surface area contributed by atoms with E-state index in [0.29, 0.717) is 13.1 Å². The van der Waals surface area contributed by atoms with E-state index in [4.69, 9.17) is 4.74 Å². The van der Waals surface area contributed by atoms with Gasteiger partial charge in [-0.15, -0.1) is 0 Å². The number of likely N-dealkylation sites (N-methyl/N-ethyl adjacent to an activating group) is 1. The first-order valence-electron chi connectivity index (χ1n) is 12.5. The Hall–Kier alpha value is -3.75. The van der Waals surface area contributed by atoms with Gasteiger partial charge < -0.3 is 19.5 Å². The molecule has 1 fully saturated rings. The molecule has 37 heavy (non-hydrogen) atoms. The maximum atomic E-state index is 14.9. The molecular weight excluding hydrogens is 469 g/mol. The number of fused-ring (bicyclic) bond motifs is 1. The maximum absolute atomic E-state index is 14.9. The quantitative estimate of drug-likeness (QED) is 0.408. The van der Waals surface area contributed by atoms with Crippen molar-refractivity contribution in [3.63, 3.8) is 0 Å². The van der Waals surface area contributed by atoms with Crippen molar-refractivity contribution in [1.29, 1.82) is 0 Å². The van der Waals surface area contributed by atoms with Crippen LogP contribution < -0.4 is 4.74 Å². The lowest BCUT2D eigenvalue weighted by molar-refractivity contribution is 0.0625. The Kier molecular flexibility index (Phi) is 7.21. The van der Waals surface area contributed by atoms with Crippen LogP contribution in [0.3, 0.4) is 0 Å². The number of pyridine rings is 1. The number of methoxy groups -OCH3 is 1. The van der Waals surface area contributed by atoms with E-state index in [1.807, 2.05) is 36.5 Å². The SMILES string of the molecule is COc1ccccc1-c1c[nH]c2ncc(-c3ccc(F)c(C(=O)N4CCN(CCN(C)C)CC4)c3)cc12. The smallest absolute Gasteiger partial charge is 0.256 e. The Morgan fingerprint density at radius 1 is 1.05 bits per heavy atom. The molecule has 3 heterocycles. The van der Waals surface area contributed by atoms with E-state index in [1.54, 1.807) is 30.3 Å². The molecule has 1 N–H and O–H groups in total. The predicted molar refractivity (Wildman–Crippen MR) is 144 cm³/mol. The van der Waals surface area contributed by atoms with Crippen molar-refractivity contribution in [3.05, 3.63) is 72.3 Å². The number of hydrogen-bond donors (Lipinski definition) is 1. The summed E-state index contributed by atoms with van der Waals surface area (Å²) in [6.07, 6.45) is 3.66. The molecule has 7 nitrogen and oxygen atoms in total. The van der Waals surface area contributed by atoms with Crippen LogP contribution in [0.2, 0.25) is 0 Å². The normalized spacial score (nSPS) is 14.5. The topological polar surface area (TPSA) is 64.7 Å². The second kappa shape index (κ2) is 10.7. The monoisotopic (exact) mass is 501 g/mol. The largest absolute Gasteiger partial charge is 0.496 e. The molecule has 8 heteroatoms. The average Bonchev–Trinajstić information content (AvgIpc) is 3.35. The van der Waals surface area contributed by atoms with E-state index in [-0.39, 0.29) is 11.5 Å². The summed E-state index contributed by atoms with van der Waals surface area (Å²) in [6, 6.07) is 14.6. The van der Waals surface area contributed by atoms with Gasteiger partial charge in [0.1, 0.15) is 17.2 Å². The standard InChI is InChI=1S/C29H32FN5O2/c1-33(2)10-11-34-12-14-35(15-13-34)29(36)24-16-20(8-9-26(24)30)21-17-23-25(19-32-28(23)31-18-21)22-6-4-5-7-27(22)37-3/h4-9,16-19H,10-15H2,1-3H3,(H,31,32). The van der Waals surface area contributed by atoms with Gasteiger partial charge in [0.05, 0.1) is 12.7 Å². The fourth-order valence-electron chi connectivity index (χ4n) is 4.81. The molecule has 192 valence electrons. The van der Waals surface area contributed by atoms with E-state index in [9.17, 15) is 9.18 Å². The first-order chi connectivity index (χ1) is 17.9. The molecular formula is C29H32FN5O2. The third-order valence-corrected chi connectivity index (χ3v) is 6.98. The van der Waals surface area contributed by atoms with Crippen molar-refractivity contribution in [2.75, 3.05) is 60.5 Å². The van der Waals surface area contributed by atoms with Crippen molar-refractivity contribution in [2.45, 2.75) is 0 Å². The van der Waals surface area contributed by atoms with E-state index in [0.717, 1.165) is 65.2 Å². The molecule has 4 aromatic rings. The highest BCUT2D eigenvalue weighted by Gasteiger charge is 2.24. The van der Waals surface area contributed by atoms with E-state index >= 15 is 0 Å². The van der Waals surface area contributed by atoms with Crippen LogP contribution in [0.15, 0.2) is 60.9 Å². The van der Waals surface area contributed by atoms with Crippen molar-refractivity contribution >= 4 is 16.9 Å². The molecule has 1 aliphatic heterocycles. The molecule has 5 rings (SSSR count). The Balaban J connectivity index is 1.40. The molecule has 0 bridgehead atoms. The van der Waals surface area contributed by atoms with E-state index in [2.05, 4.69) is 33.9 Å². The zero-order valence-corrected chi connectivity index (χ0v) is 21.5. The Morgan fingerprint density at radius 3 is 2.59 bits per heavy atom. The van der Waals surface area contributed by atoms with Gasteiger partial charge >= 0.3 is 0 Å². The van der Waals surface area contributed by atoms with Gasteiger partial charge in [-0.3, -0.25) is 9.69 Å². The van der Waals surface area contributed by atoms with Gasteiger partial charge in [-0.1, -0.05) is 24.3 Å². The Labute approximate surface area is 216 Å². The van der Waals surface area contributed by atoms with Crippen LogP contribution >= 0.6 is 0 Å². The molecule has 1 aliphatic rings. The molecule has 0 atom stereocenters. The number of rotatable bonds is 7. The molecule has 1 saturated heterocycles. The molecule has 2 aromatic heterocycles. The number of carbonyl (C=O) groups is 1. The van der Waals surface area contributed by atoms with Crippen LogP contribution in [-0.4, -0.2) is 91.0 Å². The summed E-state index contributed by atoms with van der Waals surface area (Å²) in [5.41, 5.74) is 4.32. The van der Waals surface area contributed by atoms with Crippen molar-refractivity contribution in [2.24, 2.45) is 0 Å². The molecule has 0 unspecified atom stereocenters. The maximum Gasteiger partial charge on any atom is 0.256 e. The summed E-state index contributed by atoms with van der Waals surface area (Å²) in [5, 5.41) is 0.924. The predicted octanol–water partition coefficient (Wildman–Crippen LogP) is 4.36. The van der Waals surface area contributed by atoms with Crippen molar-refractivity contribution < 1.29 is 13.9 Å². The number of amides is 1. The minimum Gasteiger partial charge on any atom is -0.496 e. The summed E-state index contributed by atoms with van der Waals surface area (Å²) >= 11 is 0. The first-order valence-corrected chi connectivity index (χ1v) is 12.5. The van der Waals surface area contributed by atoms with Crippen LogP contribution in [-0.2, 0) is 0 Å². The Bertz CT molecular complexity index is 1410. The average molecular weight is 502 g/mol. The number of carbonyl (C=O) groups excluding carboxylic acids is 1. The van der Waals surface area contributed by atoms with Gasteiger partial charge in [0.25, 0.3) is 5.91 Å². The number of benzene rings is 2. The molecule has 0 saturated carbocycles. The van der Waals surface area contributed by atoms with Crippen molar-refractivity contribution in [3.8, 4) is 28.0 Å². The van der Waals surface area contributed by atoms with Gasteiger partial charge in [-0.2, -0.15) is 0 Å². The van der Waals surface area contributed by atoms with Crippen LogP contribution in [0.25, 0.3) is 33.3 Å². The lowest BCUT2D eigenvalue weighted by atomic mass is 10.00. The van der Waals surface area contributed by atoms with E-state index < -0.39 is 5.82 Å². The minimum absolute atomic E-state index is 0.0957. The number of H-pyrrole nitrogens is 1.